The molecular weight excluding hydrogens is 420 g/mol. The van der Waals surface area contributed by atoms with Crippen LogP contribution >= 0.6 is 11.3 Å². The molecule has 6 nitrogen and oxygen atoms in total. The first-order valence-electron chi connectivity index (χ1n) is 11.2. The number of aromatic nitrogens is 1. The van der Waals surface area contributed by atoms with E-state index in [4.69, 9.17) is 4.74 Å². The van der Waals surface area contributed by atoms with E-state index in [1.165, 1.54) is 16.9 Å². The highest BCUT2D eigenvalue weighted by atomic mass is 32.1. The predicted octanol–water partition coefficient (Wildman–Crippen LogP) is 3.84. The van der Waals surface area contributed by atoms with Crippen molar-refractivity contribution in [1.29, 1.82) is 0 Å². The molecule has 4 rings (SSSR count). The largest absolute Gasteiger partial charge is 0.492 e. The average Bonchev–Trinajstić information content (AvgIpc) is 3.28. The van der Waals surface area contributed by atoms with Gasteiger partial charge in [-0.05, 0) is 29.7 Å². The minimum atomic E-state index is -0.0785. The van der Waals surface area contributed by atoms with Crippen LogP contribution in [-0.4, -0.2) is 55.1 Å². The van der Waals surface area contributed by atoms with Gasteiger partial charge in [0, 0.05) is 43.7 Å². The van der Waals surface area contributed by atoms with Gasteiger partial charge in [-0.15, -0.1) is 11.3 Å². The van der Waals surface area contributed by atoms with Gasteiger partial charge in [-0.25, -0.2) is 4.98 Å². The molecule has 0 spiro atoms. The van der Waals surface area contributed by atoms with Gasteiger partial charge in [0.15, 0.2) is 5.13 Å². The van der Waals surface area contributed by atoms with Crippen LogP contribution in [-0.2, 0) is 17.6 Å². The number of amides is 1. The first kappa shape index (κ1) is 22.5. The molecule has 0 saturated carbocycles. The molecule has 1 aliphatic heterocycles. The maximum absolute atomic E-state index is 12.5. The van der Waals surface area contributed by atoms with Gasteiger partial charge in [-0.1, -0.05) is 43.3 Å². The summed E-state index contributed by atoms with van der Waals surface area (Å²) >= 11 is 1.44. The third-order valence-electron chi connectivity index (χ3n) is 5.56. The van der Waals surface area contributed by atoms with Crippen molar-refractivity contribution in [2.24, 2.45) is 0 Å². The van der Waals surface area contributed by atoms with Crippen LogP contribution in [0.4, 0.5) is 5.13 Å². The molecule has 7 heteroatoms. The molecule has 1 amide bonds. The summed E-state index contributed by atoms with van der Waals surface area (Å²) in [7, 11) is 0. The van der Waals surface area contributed by atoms with Crippen LogP contribution < -0.4 is 15.4 Å². The average molecular weight is 451 g/mol. The molecule has 2 N–H and O–H groups in total. The Morgan fingerprint density at radius 1 is 1.16 bits per heavy atom. The first-order valence-corrected chi connectivity index (χ1v) is 12.1. The zero-order valence-corrected chi connectivity index (χ0v) is 19.3. The van der Waals surface area contributed by atoms with E-state index in [9.17, 15) is 4.79 Å². The SMILES string of the molecule is CCc1ccc(-c2csc(NC(=O)Cc3cccc(OCCN4CCNCC4)c3)n2)cc1. The Kier molecular flexibility index (Phi) is 7.87. The molecule has 0 unspecified atom stereocenters. The van der Waals surface area contributed by atoms with Gasteiger partial charge < -0.3 is 15.4 Å². The highest BCUT2D eigenvalue weighted by Crippen LogP contribution is 2.25. The minimum absolute atomic E-state index is 0.0785. The Hall–Kier alpha value is -2.74. The molecule has 0 radical (unpaired) electrons. The summed E-state index contributed by atoms with van der Waals surface area (Å²) in [4.78, 5) is 19.5. The number of carbonyl (C=O) groups excluding carboxylic acids is 1. The predicted molar refractivity (Wildman–Crippen MR) is 131 cm³/mol. The quantitative estimate of drug-likeness (QED) is 0.519. The molecule has 168 valence electrons. The number of benzene rings is 2. The van der Waals surface area contributed by atoms with Gasteiger partial charge in [0.1, 0.15) is 12.4 Å². The summed E-state index contributed by atoms with van der Waals surface area (Å²) in [6.45, 7) is 7.91. The second-order valence-corrected chi connectivity index (χ2v) is 8.76. The van der Waals surface area contributed by atoms with Gasteiger partial charge in [-0.2, -0.15) is 0 Å². The number of aryl methyl sites for hydroxylation is 1. The number of nitrogens with one attached hydrogen (secondary N) is 2. The number of nitrogens with zero attached hydrogens (tertiary/aromatic N) is 2. The van der Waals surface area contributed by atoms with E-state index < -0.39 is 0 Å². The van der Waals surface area contributed by atoms with E-state index in [1.54, 1.807) is 0 Å². The van der Waals surface area contributed by atoms with Crippen molar-refractivity contribution in [1.82, 2.24) is 15.2 Å². The topological polar surface area (TPSA) is 66.5 Å². The molecule has 0 aliphatic carbocycles. The molecule has 2 aromatic carbocycles. The van der Waals surface area contributed by atoms with Gasteiger partial charge in [-0.3, -0.25) is 9.69 Å². The van der Waals surface area contributed by atoms with Crippen molar-refractivity contribution in [3.05, 3.63) is 65.0 Å². The van der Waals surface area contributed by atoms with Gasteiger partial charge in [0.05, 0.1) is 12.1 Å². The number of piperazine rings is 1. The number of thiazole rings is 1. The van der Waals surface area contributed by atoms with Crippen LogP contribution in [0, 0.1) is 0 Å². The van der Waals surface area contributed by atoms with Crippen LogP contribution in [0.2, 0.25) is 0 Å². The Morgan fingerprint density at radius 2 is 1.97 bits per heavy atom. The fourth-order valence-corrected chi connectivity index (χ4v) is 4.43. The Morgan fingerprint density at radius 3 is 2.75 bits per heavy atom. The van der Waals surface area contributed by atoms with E-state index in [1.807, 2.05) is 29.6 Å². The zero-order valence-electron chi connectivity index (χ0n) is 18.5. The van der Waals surface area contributed by atoms with Crippen LogP contribution in [0.15, 0.2) is 53.9 Å². The molecule has 0 atom stereocenters. The zero-order chi connectivity index (χ0) is 22.2. The monoisotopic (exact) mass is 450 g/mol. The number of ether oxygens (including phenoxy) is 1. The third kappa shape index (κ3) is 6.38. The normalized spacial score (nSPS) is 14.3. The van der Waals surface area contributed by atoms with Crippen LogP contribution in [0.25, 0.3) is 11.3 Å². The summed E-state index contributed by atoms with van der Waals surface area (Å²) < 4.78 is 5.91. The van der Waals surface area contributed by atoms with Crippen molar-refractivity contribution in [3.63, 3.8) is 0 Å². The number of rotatable bonds is 9. The van der Waals surface area contributed by atoms with Crippen LogP contribution in [0.1, 0.15) is 18.1 Å². The van der Waals surface area contributed by atoms with Gasteiger partial charge in [0.2, 0.25) is 5.91 Å². The highest BCUT2D eigenvalue weighted by molar-refractivity contribution is 7.14. The lowest BCUT2D eigenvalue weighted by atomic mass is 10.1. The molecule has 32 heavy (non-hydrogen) atoms. The van der Waals surface area contributed by atoms with Crippen molar-refractivity contribution in [3.8, 4) is 17.0 Å². The fraction of sp³-hybridized carbons (Fsp3) is 0.360. The van der Waals surface area contributed by atoms with E-state index in [2.05, 4.69) is 51.7 Å². The molecule has 2 heterocycles. The van der Waals surface area contributed by atoms with Crippen molar-refractivity contribution < 1.29 is 9.53 Å². The highest BCUT2D eigenvalue weighted by Gasteiger charge is 2.11. The Balaban J connectivity index is 1.27. The van der Waals surface area contributed by atoms with Crippen molar-refractivity contribution >= 4 is 22.4 Å². The molecule has 3 aromatic rings. The maximum atomic E-state index is 12.5. The minimum Gasteiger partial charge on any atom is -0.492 e. The smallest absolute Gasteiger partial charge is 0.230 e. The molecule has 1 aromatic heterocycles. The van der Waals surface area contributed by atoms with Crippen LogP contribution in [0.3, 0.4) is 0 Å². The molecular formula is C25H30N4O2S. The number of hydrogen-bond acceptors (Lipinski definition) is 6. The molecule has 0 bridgehead atoms. The first-order chi connectivity index (χ1) is 15.7. The van der Waals surface area contributed by atoms with E-state index in [-0.39, 0.29) is 12.3 Å². The fourth-order valence-electron chi connectivity index (χ4n) is 3.70. The summed E-state index contributed by atoms with van der Waals surface area (Å²) in [5.74, 6) is 0.725. The lowest BCUT2D eigenvalue weighted by Crippen LogP contribution is -2.44. The van der Waals surface area contributed by atoms with E-state index >= 15 is 0 Å². The van der Waals surface area contributed by atoms with Gasteiger partial charge in [0.25, 0.3) is 0 Å². The van der Waals surface area contributed by atoms with E-state index in [0.717, 1.165) is 61.7 Å². The summed E-state index contributed by atoms with van der Waals surface area (Å²) in [5, 5.41) is 8.87. The molecule has 1 aliphatic rings. The number of hydrogen-bond donors (Lipinski definition) is 2. The standard InChI is InChI=1S/C25H30N4O2S/c1-2-19-6-8-21(9-7-19)23-18-32-25(27-23)28-24(30)17-20-4-3-5-22(16-20)31-15-14-29-12-10-26-11-13-29/h3-9,16,18,26H,2,10-15,17H2,1H3,(H,27,28,30). The van der Waals surface area contributed by atoms with Crippen molar-refractivity contribution in [2.75, 3.05) is 44.6 Å². The lowest BCUT2D eigenvalue weighted by Gasteiger charge is -2.26. The number of anilines is 1. The summed E-state index contributed by atoms with van der Waals surface area (Å²) in [5.41, 5.74) is 4.17. The molecule has 1 fully saturated rings. The van der Waals surface area contributed by atoms with Gasteiger partial charge >= 0.3 is 0 Å². The number of carbonyl (C=O) groups is 1. The Bertz CT molecular complexity index is 1010. The Labute approximate surface area is 193 Å². The van der Waals surface area contributed by atoms with Crippen LogP contribution in [0.5, 0.6) is 5.75 Å². The second kappa shape index (κ2) is 11.2. The molecule has 1 saturated heterocycles. The summed E-state index contributed by atoms with van der Waals surface area (Å²) in [6.07, 6.45) is 1.30. The third-order valence-corrected chi connectivity index (χ3v) is 6.32. The lowest BCUT2D eigenvalue weighted by molar-refractivity contribution is -0.115. The summed E-state index contributed by atoms with van der Waals surface area (Å²) in [6, 6.07) is 16.2. The van der Waals surface area contributed by atoms with Crippen molar-refractivity contribution in [2.45, 2.75) is 19.8 Å². The maximum Gasteiger partial charge on any atom is 0.230 e. The van der Waals surface area contributed by atoms with E-state index in [0.29, 0.717) is 11.7 Å². The second-order valence-electron chi connectivity index (χ2n) is 7.90.